The highest BCUT2D eigenvalue weighted by atomic mass is 19.4. The lowest BCUT2D eigenvalue weighted by molar-refractivity contribution is -0.227. The average molecular weight is 585 g/mol. The molecule has 1 heterocycles. The van der Waals surface area contributed by atoms with Crippen molar-refractivity contribution in [2.75, 3.05) is 13.2 Å². The fraction of sp³-hybridized carbons (Fsp3) is 0.543. The molecule has 0 amide bonds. The van der Waals surface area contributed by atoms with Crippen molar-refractivity contribution in [2.45, 2.75) is 110 Å². The van der Waals surface area contributed by atoms with Gasteiger partial charge in [0.2, 0.25) is 0 Å². The summed E-state index contributed by atoms with van der Waals surface area (Å²) in [6.45, 7) is 3.85. The van der Waals surface area contributed by atoms with Crippen LogP contribution in [0.4, 0.5) is 13.2 Å². The lowest BCUT2D eigenvalue weighted by atomic mass is 10.0. The van der Waals surface area contributed by atoms with E-state index in [1.807, 2.05) is 0 Å². The molecule has 1 unspecified atom stereocenters. The molecule has 42 heavy (non-hydrogen) atoms. The molecule has 4 nitrogen and oxygen atoms in total. The second-order valence-corrected chi connectivity index (χ2v) is 11.0. The number of hydrogen-bond donors (Lipinski definition) is 0. The van der Waals surface area contributed by atoms with Crippen LogP contribution in [0.2, 0.25) is 0 Å². The molecule has 0 aliphatic carbocycles. The first-order valence-electron chi connectivity index (χ1n) is 15.7. The summed E-state index contributed by atoms with van der Waals surface area (Å²) in [5, 5.41) is 0. The molecule has 0 aliphatic rings. The normalized spacial score (nSPS) is 12.4. The molecule has 0 aliphatic heterocycles. The second kappa shape index (κ2) is 18.6. The molecule has 0 radical (unpaired) electrons. The summed E-state index contributed by atoms with van der Waals surface area (Å²) < 4.78 is 50.8. The predicted molar refractivity (Wildman–Crippen MR) is 165 cm³/mol. The third-order valence-corrected chi connectivity index (χ3v) is 7.45. The Balaban J connectivity index is 1.46. The number of alkyl halides is 3. The highest BCUT2D eigenvalue weighted by Crippen LogP contribution is 2.27. The molecule has 0 saturated carbocycles. The average Bonchev–Trinajstić information content (AvgIpc) is 3.00. The van der Waals surface area contributed by atoms with Crippen molar-refractivity contribution in [1.29, 1.82) is 0 Å². The molecule has 3 rings (SSSR count). The number of nitrogens with zero attached hydrogens (tertiary/aromatic N) is 2. The SMILES string of the molecule is CCCCCCCCCc1ccc(-c2ncc(-c3ccc(OCC(OCCCCCCC)C(F)(F)F)cc3)cn2)cc1. The number of benzene rings is 2. The fourth-order valence-corrected chi connectivity index (χ4v) is 4.82. The van der Waals surface area contributed by atoms with Crippen LogP contribution in [-0.2, 0) is 11.2 Å². The van der Waals surface area contributed by atoms with Crippen molar-refractivity contribution in [1.82, 2.24) is 9.97 Å². The number of aryl methyl sites for hydroxylation is 1. The Morgan fingerprint density at radius 2 is 1.19 bits per heavy atom. The van der Waals surface area contributed by atoms with E-state index in [1.165, 1.54) is 50.5 Å². The first-order valence-corrected chi connectivity index (χ1v) is 15.7. The van der Waals surface area contributed by atoms with Crippen LogP contribution in [-0.4, -0.2) is 35.5 Å². The van der Waals surface area contributed by atoms with Crippen molar-refractivity contribution < 1.29 is 22.6 Å². The highest BCUT2D eigenvalue weighted by Gasteiger charge is 2.41. The van der Waals surface area contributed by atoms with Crippen LogP contribution in [0.3, 0.4) is 0 Å². The third-order valence-electron chi connectivity index (χ3n) is 7.45. The summed E-state index contributed by atoms with van der Waals surface area (Å²) in [5.74, 6) is 1.01. The fourth-order valence-electron chi connectivity index (χ4n) is 4.82. The molecule has 0 fully saturated rings. The molecule has 0 spiro atoms. The molecular weight excluding hydrogens is 537 g/mol. The van der Waals surface area contributed by atoms with E-state index >= 15 is 0 Å². The van der Waals surface area contributed by atoms with Gasteiger partial charge in [-0.3, -0.25) is 0 Å². The zero-order valence-electron chi connectivity index (χ0n) is 25.3. The van der Waals surface area contributed by atoms with Gasteiger partial charge in [0.15, 0.2) is 11.9 Å². The van der Waals surface area contributed by atoms with Crippen LogP contribution in [0.15, 0.2) is 60.9 Å². The van der Waals surface area contributed by atoms with Crippen molar-refractivity contribution in [2.24, 2.45) is 0 Å². The molecule has 3 aromatic rings. The van der Waals surface area contributed by atoms with Crippen molar-refractivity contribution >= 4 is 0 Å². The molecule has 1 aromatic heterocycles. The lowest BCUT2D eigenvalue weighted by Gasteiger charge is -2.21. The Morgan fingerprint density at radius 3 is 1.79 bits per heavy atom. The summed E-state index contributed by atoms with van der Waals surface area (Å²) in [4.78, 5) is 9.09. The predicted octanol–water partition coefficient (Wildman–Crippen LogP) is 10.4. The van der Waals surface area contributed by atoms with Gasteiger partial charge in [-0.05, 0) is 42.5 Å². The Hall–Kier alpha value is -2.93. The standard InChI is InChI=1S/C35H47F3N2O2/c1-3-5-7-9-10-11-13-15-28-16-18-30(19-17-28)34-39-25-31(26-40-34)29-20-22-32(23-21-29)42-27-33(35(36,37)38)41-24-14-12-8-6-4-2/h16-23,25-26,33H,3-15,24,27H2,1-2H3. The minimum Gasteiger partial charge on any atom is -0.491 e. The Morgan fingerprint density at radius 1 is 0.643 bits per heavy atom. The van der Waals surface area contributed by atoms with E-state index in [2.05, 4.69) is 48.1 Å². The van der Waals surface area contributed by atoms with Gasteiger partial charge in [0.1, 0.15) is 12.4 Å². The van der Waals surface area contributed by atoms with E-state index in [0.717, 1.165) is 48.8 Å². The lowest BCUT2D eigenvalue weighted by Crippen LogP contribution is -2.37. The zero-order valence-corrected chi connectivity index (χ0v) is 25.3. The second-order valence-electron chi connectivity index (χ2n) is 11.0. The van der Waals surface area contributed by atoms with Gasteiger partial charge in [0.25, 0.3) is 0 Å². The van der Waals surface area contributed by atoms with Gasteiger partial charge in [0, 0.05) is 30.1 Å². The minimum atomic E-state index is -4.48. The van der Waals surface area contributed by atoms with Gasteiger partial charge < -0.3 is 9.47 Å². The maximum Gasteiger partial charge on any atom is 0.417 e. The van der Waals surface area contributed by atoms with Crippen LogP contribution in [0.25, 0.3) is 22.5 Å². The first kappa shape index (κ1) is 33.6. The van der Waals surface area contributed by atoms with Gasteiger partial charge in [-0.2, -0.15) is 13.2 Å². The number of halogens is 3. The van der Waals surface area contributed by atoms with Crippen LogP contribution >= 0.6 is 0 Å². The molecule has 0 bridgehead atoms. The largest absolute Gasteiger partial charge is 0.491 e. The molecule has 0 N–H and O–H groups in total. The summed E-state index contributed by atoms with van der Waals surface area (Å²) in [7, 11) is 0. The highest BCUT2D eigenvalue weighted by molar-refractivity contribution is 5.64. The van der Waals surface area contributed by atoms with E-state index in [4.69, 9.17) is 9.47 Å². The third kappa shape index (κ3) is 12.1. The first-order chi connectivity index (χ1) is 20.4. The number of aromatic nitrogens is 2. The number of unbranched alkanes of at least 4 members (excludes halogenated alkanes) is 10. The summed E-state index contributed by atoms with van der Waals surface area (Å²) in [6, 6.07) is 15.4. The maximum absolute atomic E-state index is 13.4. The zero-order chi connectivity index (χ0) is 30.0. The van der Waals surface area contributed by atoms with Crippen molar-refractivity contribution in [3.8, 4) is 28.3 Å². The minimum absolute atomic E-state index is 0.0790. The van der Waals surface area contributed by atoms with E-state index < -0.39 is 18.9 Å². The van der Waals surface area contributed by atoms with E-state index in [1.54, 1.807) is 36.7 Å². The Bertz CT molecular complexity index is 1120. The summed E-state index contributed by atoms with van der Waals surface area (Å²) in [5.41, 5.74) is 3.98. The Kier molecular flexibility index (Phi) is 14.8. The number of rotatable bonds is 20. The van der Waals surface area contributed by atoms with Crippen LogP contribution in [0.1, 0.15) is 96.5 Å². The van der Waals surface area contributed by atoms with Gasteiger partial charge >= 0.3 is 6.18 Å². The quantitative estimate of drug-likeness (QED) is 0.124. The topological polar surface area (TPSA) is 44.2 Å². The van der Waals surface area contributed by atoms with Crippen LogP contribution in [0.5, 0.6) is 5.75 Å². The molecule has 7 heteroatoms. The van der Waals surface area contributed by atoms with Crippen LogP contribution in [0, 0.1) is 0 Å². The maximum atomic E-state index is 13.4. The van der Waals surface area contributed by atoms with Crippen molar-refractivity contribution in [3.05, 3.63) is 66.5 Å². The molecule has 1 atom stereocenters. The monoisotopic (exact) mass is 584 g/mol. The molecular formula is C35H47F3N2O2. The summed E-state index contributed by atoms with van der Waals surface area (Å²) >= 11 is 0. The van der Waals surface area contributed by atoms with Crippen molar-refractivity contribution in [3.63, 3.8) is 0 Å². The molecule has 230 valence electrons. The van der Waals surface area contributed by atoms with E-state index in [9.17, 15) is 13.2 Å². The Labute approximate surface area is 250 Å². The molecule has 0 saturated heterocycles. The summed E-state index contributed by atoms with van der Waals surface area (Å²) in [6.07, 6.45) is 12.0. The number of ether oxygens (including phenoxy) is 2. The van der Waals surface area contributed by atoms with Gasteiger partial charge in [-0.15, -0.1) is 0 Å². The van der Waals surface area contributed by atoms with Crippen LogP contribution < -0.4 is 4.74 Å². The van der Waals surface area contributed by atoms with Gasteiger partial charge in [-0.25, -0.2) is 9.97 Å². The molecule has 2 aromatic carbocycles. The van der Waals surface area contributed by atoms with Gasteiger partial charge in [0.05, 0.1) is 0 Å². The number of hydrogen-bond acceptors (Lipinski definition) is 4. The van der Waals surface area contributed by atoms with E-state index in [0.29, 0.717) is 18.0 Å². The van der Waals surface area contributed by atoms with Gasteiger partial charge in [-0.1, -0.05) is 114 Å². The van der Waals surface area contributed by atoms with E-state index in [-0.39, 0.29) is 6.61 Å². The smallest absolute Gasteiger partial charge is 0.417 e.